The number of nitrogens with one attached hydrogen (secondary N) is 1. The van der Waals surface area contributed by atoms with Gasteiger partial charge in [-0.05, 0) is 45.8 Å². The predicted molar refractivity (Wildman–Crippen MR) is 85.4 cm³/mol. The lowest BCUT2D eigenvalue weighted by molar-refractivity contribution is 0.318. The Labute approximate surface area is 134 Å². The average molecular weight is 373 g/mol. The zero-order valence-corrected chi connectivity index (χ0v) is 13.1. The van der Waals surface area contributed by atoms with Gasteiger partial charge in [-0.3, -0.25) is 0 Å². The highest BCUT2D eigenvalue weighted by Crippen LogP contribution is 2.25. The fraction of sp³-hybridized carbons (Fsp3) is 0.0714. The molecule has 0 aliphatic carbocycles. The molecular weight excluding hydrogens is 361 g/mol. The number of anilines is 1. The minimum absolute atomic E-state index is 0.00992. The van der Waals surface area contributed by atoms with Gasteiger partial charge in [-0.15, -0.1) is 0 Å². The van der Waals surface area contributed by atoms with Gasteiger partial charge in [-0.25, -0.2) is 4.39 Å². The standard InChI is InChI=1S/C14H12BrClFN3O/c15-11-4-3-10(17)6-13(11)19-7-9-2-1-8(5-12(9)16)14(18)20-21/h1-6,19,21H,7H2,(H2,18,20). The van der Waals surface area contributed by atoms with Crippen LogP contribution in [-0.2, 0) is 6.54 Å². The molecule has 4 nitrogen and oxygen atoms in total. The van der Waals surface area contributed by atoms with Gasteiger partial charge >= 0.3 is 0 Å². The summed E-state index contributed by atoms with van der Waals surface area (Å²) in [5.74, 6) is -0.335. The molecule has 2 aromatic rings. The molecule has 21 heavy (non-hydrogen) atoms. The van der Waals surface area contributed by atoms with Crippen LogP contribution in [0.1, 0.15) is 11.1 Å². The summed E-state index contributed by atoms with van der Waals surface area (Å²) in [6, 6.07) is 9.44. The van der Waals surface area contributed by atoms with Gasteiger partial charge in [-0.1, -0.05) is 28.9 Å². The molecule has 0 fully saturated rings. The zero-order chi connectivity index (χ0) is 15.4. The number of benzene rings is 2. The summed E-state index contributed by atoms with van der Waals surface area (Å²) >= 11 is 9.49. The van der Waals surface area contributed by atoms with Crippen LogP contribution in [0.3, 0.4) is 0 Å². The number of amidine groups is 1. The highest BCUT2D eigenvalue weighted by Gasteiger charge is 2.07. The van der Waals surface area contributed by atoms with Crippen molar-refractivity contribution in [2.75, 3.05) is 5.32 Å². The SMILES string of the molecule is N/C(=N/O)c1ccc(CNc2cc(F)ccc2Br)c(Cl)c1. The molecule has 0 aliphatic heterocycles. The van der Waals surface area contributed by atoms with E-state index >= 15 is 0 Å². The average Bonchev–Trinajstić information content (AvgIpc) is 2.48. The van der Waals surface area contributed by atoms with Crippen LogP contribution in [0.4, 0.5) is 10.1 Å². The predicted octanol–water partition coefficient (Wildman–Crippen LogP) is 3.95. The molecule has 0 atom stereocenters. The van der Waals surface area contributed by atoms with Crippen molar-refractivity contribution in [3.63, 3.8) is 0 Å². The molecule has 0 amide bonds. The summed E-state index contributed by atoms with van der Waals surface area (Å²) in [5.41, 5.74) is 7.46. The van der Waals surface area contributed by atoms with Gasteiger partial charge in [0.1, 0.15) is 5.82 Å². The van der Waals surface area contributed by atoms with Crippen molar-refractivity contribution >= 4 is 39.1 Å². The van der Waals surface area contributed by atoms with E-state index in [0.29, 0.717) is 22.8 Å². The molecule has 0 radical (unpaired) electrons. The van der Waals surface area contributed by atoms with Crippen molar-refractivity contribution in [3.05, 3.63) is 62.8 Å². The maximum Gasteiger partial charge on any atom is 0.170 e. The van der Waals surface area contributed by atoms with Crippen LogP contribution in [0, 0.1) is 5.82 Å². The molecule has 0 saturated heterocycles. The maximum atomic E-state index is 13.2. The summed E-state index contributed by atoms with van der Waals surface area (Å²) in [4.78, 5) is 0. The molecule has 0 spiro atoms. The van der Waals surface area contributed by atoms with E-state index in [-0.39, 0.29) is 11.7 Å². The largest absolute Gasteiger partial charge is 0.409 e. The summed E-state index contributed by atoms with van der Waals surface area (Å²) < 4.78 is 14.0. The summed E-state index contributed by atoms with van der Waals surface area (Å²) in [6.07, 6.45) is 0. The minimum atomic E-state index is -0.325. The Kier molecular flexibility index (Phi) is 5.03. The smallest absolute Gasteiger partial charge is 0.170 e. The van der Waals surface area contributed by atoms with E-state index in [4.69, 9.17) is 22.5 Å². The van der Waals surface area contributed by atoms with E-state index in [2.05, 4.69) is 26.4 Å². The Morgan fingerprint density at radius 3 is 2.76 bits per heavy atom. The topological polar surface area (TPSA) is 70.6 Å². The highest BCUT2D eigenvalue weighted by molar-refractivity contribution is 9.10. The number of hydrogen-bond acceptors (Lipinski definition) is 3. The van der Waals surface area contributed by atoms with Crippen molar-refractivity contribution in [2.45, 2.75) is 6.54 Å². The maximum absolute atomic E-state index is 13.2. The van der Waals surface area contributed by atoms with Crippen molar-refractivity contribution < 1.29 is 9.60 Å². The van der Waals surface area contributed by atoms with Crippen LogP contribution < -0.4 is 11.1 Å². The molecule has 0 bridgehead atoms. The first-order valence-corrected chi connectivity index (χ1v) is 7.13. The second-order valence-corrected chi connectivity index (χ2v) is 5.53. The quantitative estimate of drug-likeness (QED) is 0.329. The van der Waals surface area contributed by atoms with E-state index in [1.54, 1.807) is 24.3 Å². The number of nitrogens with two attached hydrogens (primary N) is 1. The van der Waals surface area contributed by atoms with Crippen molar-refractivity contribution in [1.82, 2.24) is 0 Å². The molecule has 0 aliphatic rings. The number of nitrogens with zero attached hydrogens (tertiary/aromatic N) is 1. The van der Waals surface area contributed by atoms with E-state index in [0.717, 1.165) is 10.0 Å². The molecule has 0 aromatic heterocycles. The van der Waals surface area contributed by atoms with E-state index in [1.165, 1.54) is 12.1 Å². The van der Waals surface area contributed by atoms with Crippen LogP contribution in [0.2, 0.25) is 5.02 Å². The Balaban J connectivity index is 2.15. The summed E-state index contributed by atoms with van der Waals surface area (Å²) in [5, 5.41) is 15.1. The molecule has 110 valence electrons. The highest BCUT2D eigenvalue weighted by atomic mass is 79.9. The lowest BCUT2D eigenvalue weighted by atomic mass is 10.1. The molecule has 0 heterocycles. The molecule has 0 unspecified atom stereocenters. The number of halogens is 3. The van der Waals surface area contributed by atoms with Gasteiger partial charge < -0.3 is 16.3 Å². The van der Waals surface area contributed by atoms with Crippen LogP contribution in [0.5, 0.6) is 0 Å². The van der Waals surface area contributed by atoms with Gasteiger partial charge in [0.2, 0.25) is 0 Å². The Bertz CT molecular complexity index is 694. The number of hydrogen-bond donors (Lipinski definition) is 3. The molecule has 2 aromatic carbocycles. The molecule has 7 heteroatoms. The third-order valence-electron chi connectivity index (χ3n) is 2.85. The first-order chi connectivity index (χ1) is 10.0. The monoisotopic (exact) mass is 371 g/mol. The molecule has 0 saturated carbocycles. The van der Waals surface area contributed by atoms with E-state index in [1.807, 2.05) is 0 Å². The second kappa shape index (κ2) is 6.78. The van der Waals surface area contributed by atoms with E-state index in [9.17, 15) is 4.39 Å². The Morgan fingerprint density at radius 2 is 2.10 bits per heavy atom. The van der Waals surface area contributed by atoms with Gasteiger partial charge in [0.25, 0.3) is 0 Å². The van der Waals surface area contributed by atoms with Gasteiger partial charge in [0, 0.05) is 21.6 Å². The van der Waals surface area contributed by atoms with Crippen molar-refractivity contribution in [1.29, 1.82) is 0 Å². The van der Waals surface area contributed by atoms with Crippen molar-refractivity contribution in [3.8, 4) is 0 Å². The lowest BCUT2D eigenvalue weighted by Gasteiger charge is -2.11. The Hall–Kier alpha value is -1.79. The number of rotatable bonds is 4. The van der Waals surface area contributed by atoms with Gasteiger partial charge in [-0.2, -0.15) is 0 Å². The third kappa shape index (κ3) is 3.86. The molecule has 4 N–H and O–H groups in total. The first-order valence-electron chi connectivity index (χ1n) is 5.96. The second-order valence-electron chi connectivity index (χ2n) is 4.27. The Morgan fingerprint density at radius 1 is 1.33 bits per heavy atom. The van der Waals surface area contributed by atoms with Crippen LogP contribution >= 0.6 is 27.5 Å². The first kappa shape index (κ1) is 15.6. The van der Waals surface area contributed by atoms with Gasteiger partial charge in [0.05, 0.1) is 5.69 Å². The van der Waals surface area contributed by atoms with Crippen LogP contribution in [-0.4, -0.2) is 11.0 Å². The van der Waals surface area contributed by atoms with Crippen LogP contribution in [0.25, 0.3) is 0 Å². The van der Waals surface area contributed by atoms with Crippen LogP contribution in [0.15, 0.2) is 46.0 Å². The minimum Gasteiger partial charge on any atom is -0.409 e. The van der Waals surface area contributed by atoms with Gasteiger partial charge in [0.15, 0.2) is 5.84 Å². The zero-order valence-electron chi connectivity index (χ0n) is 10.8. The summed E-state index contributed by atoms with van der Waals surface area (Å²) in [7, 11) is 0. The van der Waals surface area contributed by atoms with Crippen molar-refractivity contribution in [2.24, 2.45) is 10.9 Å². The fourth-order valence-corrected chi connectivity index (χ4v) is 2.37. The third-order valence-corrected chi connectivity index (χ3v) is 3.90. The molecule has 2 rings (SSSR count). The molecular formula is C14H12BrClFN3O. The number of oxime groups is 1. The summed E-state index contributed by atoms with van der Waals surface area (Å²) in [6.45, 7) is 0.414. The normalized spacial score (nSPS) is 11.5. The lowest BCUT2D eigenvalue weighted by Crippen LogP contribution is -2.13. The fourth-order valence-electron chi connectivity index (χ4n) is 1.73. The van der Waals surface area contributed by atoms with E-state index < -0.39 is 0 Å².